The average Bonchev–Trinajstić information content (AvgIpc) is 2.73. The Morgan fingerprint density at radius 1 is 1.38 bits per heavy atom. The number of pyridine rings is 1. The molecular formula is C11H9BrN2OS. The highest BCUT2D eigenvalue weighted by atomic mass is 79.9. The van der Waals surface area contributed by atoms with Crippen molar-refractivity contribution in [3.8, 4) is 0 Å². The molecule has 0 bridgehead atoms. The number of nitrogens with one attached hydrogen (secondary N) is 1. The number of hydrogen-bond acceptors (Lipinski definition) is 3. The molecule has 0 aliphatic rings. The number of thiophene rings is 1. The van der Waals surface area contributed by atoms with Gasteiger partial charge in [0.05, 0.1) is 10.3 Å². The molecule has 5 heteroatoms. The molecule has 1 N–H and O–H groups in total. The van der Waals surface area contributed by atoms with E-state index in [1.54, 1.807) is 35.7 Å². The maximum atomic E-state index is 11.6. The van der Waals surface area contributed by atoms with Crippen LogP contribution >= 0.6 is 27.3 Å². The minimum absolute atomic E-state index is 0.148. The standard InChI is InChI=1S/C11H9BrN2OS/c12-10-5-4-8(16-10)7-14-11(15)9-3-1-2-6-13-9/h1-6H,7H2,(H,14,15). The van der Waals surface area contributed by atoms with Crippen molar-refractivity contribution in [2.45, 2.75) is 6.54 Å². The zero-order valence-electron chi connectivity index (χ0n) is 8.31. The first-order valence-corrected chi connectivity index (χ1v) is 6.30. The molecule has 16 heavy (non-hydrogen) atoms. The highest BCUT2D eigenvalue weighted by Crippen LogP contribution is 2.21. The highest BCUT2D eigenvalue weighted by molar-refractivity contribution is 9.11. The van der Waals surface area contributed by atoms with Gasteiger partial charge < -0.3 is 5.32 Å². The Bertz CT molecular complexity index is 484. The molecular weight excluding hydrogens is 288 g/mol. The summed E-state index contributed by atoms with van der Waals surface area (Å²) in [6, 6.07) is 9.22. The number of nitrogens with zero attached hydrogens (tertiary/aromatic N) is 1. The van der Waals surface area contributed by atoms with Gasteiger partial charge in [0, 0.05) is 11.1 Å². The van der Waals surface area contributed by atoms with Gasteiger partial charge in [0.1, 0.15) is 5.69 Å². The highest BCUT2D eigenvalue weighted by Gasteiger charge is 2.06. The van der Waals surface area contributed by atoms with E-state index in [4.69, 9.17) is 0 Å². The molecule has 0 spiro atoms. The van der Waals surface area contributed by atoms with Gasteiger partial charge in [0.25, 0.3) is 5.91 Å². The fraction of sp³-hybridized carbons (Fsp3) is 0.0909. The first-order valence-electron chi connectivity index (χ1n) is 4.69. The van der Waals surface area contributed by atoms with Crippen LogP contribution in [0.2, 0.25) is 0 Å². The Morgan fingerprint density at radius 3 is 2.88 bits per heavy atom. The van der Waals surface area contributed by atoms with Crippen LogP contribution < -0.4 is 5.32 Å². The molecule has 2 aromatic heterocycles. The lowest BCUT2D eigenvalue weighted by Gasteiger charge is -2.01. The van der Waals surface area contributed by atoms with Crippen molar-refractivity contribution < 1.29 is 4.79 Å². The summed E-state index contributed by atoms with van der Waals surface area (Å²) >= 11 is 4.98. The Hall–Kier alpha value is -1.20. The number of rotatable bonds is 3. The lowest BCUT2D eigenvalue weighted by atomic mass is 10.3. The van der Waals surface area contributed by atoms with Crippen molar-refractivity contribution in [1.82, 2.24) is 10.3 Å². The summed E-state index contributed by atoms with van der Waals surface area (Å²) in [5.74, 6) is -0.148. The maximum absolute atomic E-state index is 11.6. The molecule has 1 amide bonds. The molecule has 2 heterocycles. The summed E-state index contributed by atoms with van der Waals surface area (Å²) < 4.78 is 1.06. The van der Waals surface area contributed by atoms with Crippen LogP contribution in [0.15, 0.2) is 40.3 Å². The number of amides is 1. The van der Waals surface area contributed by atoms with Gasteiger partial charge in [0.2, 0.25) is 0 Å². The van der Waals surface area contributed by atoms with Gasteiger partial charge in [-0.1, -0.05) is 6.07 Å². The topological polar surface area (TPSA) is 42.0 Å². The summed E-state index contributed by atoms with van der Waals surface area (Å²) in [6.07, 6.45) is 1.61. The fourth-order valence-electron chi connectivity index (χ4n) is 1.20. The number of halogens is 1. The van der Waals surface area contributed by atoms with Crippen LogP contribution in [0, 0.1) is 0 Å². The second kappa shape index (κ2) is 5.23. The van der Waals surface area contributed by atoms with Crippen LogP contribution in [0.25, 0.3) is 0 Å². The molecule has 0 aliphatic heterocycles. The molecule has 0 saturated carbocycles. The summed E-state index contributed by atoms with van der Waals surface area (Å²) in [4.78, 5) is 16.7. The molecule has 0 aromatic carbocycles. The Morgan fingerprint density at radius 2 is 2.25 bits per heavy atom. The number of carbonyl (C=O) groups is 1. The summed E-state index contributed by atoms with van der Waals surface area (Å²) in [7, 11) is 0. The van der Waals surface area contributed by atoms with Crippen LogP contribution in [0.1, 0.15) is 15.4 Å². The van der Waals surface area contributed by atoms with E-state index in [0.29, 0.717) is 12.2 Å². The summed E-state index contributed by atoms with van der Waals surface area (Å²) in [5, 5.41) is 2.82. The van der Waals surface area contributed by atoms with Crippen LogP contribution in [-0.4, -0.2) is 10.9 Å². The minimum Gasteiger partial charge on any atom is -0.346 e. The third-order valence-electron chi connectivity index (χ3n) is 1.95. The Balaban J connectivity index is 1.94. The predicted molar refractivity (Wildman–Crippen MR) is 67.4 cm³/mol. The molecule has 2 rings (SSSR count). The van der Waals surface area contributed by atoms with Crippen LogP contribution in [0.4, 0.5) is 0 Å². The molecule has 2 aromatic rings. The molecule has 0 unspecified atom stereocenters. The molecule has 0 saturated heterocycles. The quantitative estimate of drug-likeness (QED) is 0.946. The van der Waals surface area contributed by atoms with E-state index >= 15 is 0 Å². The average molecular weight is 297 g/mol. The second-order valence-corrected chi connectivity index (χ2v) is 5.65. The van der Waals surface area contributed by atoms with E-state index in [9.17, 15) is 4.79 Å². The van der Waals surface area contributed by atoms with Gasteiger partial charge in [-0.15, -0.1) is 11.3 Å². The van der Waals surface area contributed by atoms with Crippen molar-refractivity contribution in [3.05, 3.63) is 50.9 Å². The van der Waals surface area contributed by atoms with Gasteiger partial charge in [-0.3, -0.25) is 9.78 Å². The molecule has 82 valence electrons. The third kappa shape index (κ3) is 2.90. The predicted octanol–water partition coefficient (Wildman–Crippen LogP) is 2.84. The summed E-state index contributed by atoms with van der Waals surface area (Å²) in [5.41, 5.74) is 0.443. The molecule has 0 fully saturated rings. The largest absolute Gasteiger partial charge is 0.346 e. The van der Waals surface area contributed by atoms with E-state index in [0.717, 1.165) is 8.66 Å². The third-order valence-corrected chi connectivity index (χ3v) is 3.57. The lowest BCUT2D eigenvalue weighted by molar-refractivity contribution is 0.0946. The normalized spacial score (nSPS) is 10.1. The number of aromatic nitrogens is 1. The Kier molecular flexibility index (Phi) is 3.69. The zero-order chi connectivity index (χ0) is 11.4. The van der Waals surface area contributed by atoms with Crippen LogP contribution in [-0.2, 0) is 6.54 Å². The zero-order valence-corrected chi connectivity index (χ0v) is 10.7. The number of carbonyl (C=O) groups excluding carboxylic acids is 1. The van der Waals surface area contributed by atoms with Gasteiger partial charge in [-0.05, 0) is 40.2 Å². The van der Waals surface area contributed by atoms with Gasteiger partial charge in [0.15, 0.2) is 0 Å². The molecule has 0 radical (unpaired) electrons. The van der Waals surface area contributed by atoms with Crippen molar-refractivity contribution in [2.75, 3.05) is 0 Å². The van der Waals surface area contributed by atoms with Crippen molar-refractivity contribution in [2.24, 2.45) is 0 Å². The monoisotopic (exact) mass is 296 g/mol. The maximum Gasteiger partial charge on any atom is 0.270 e. The van der Waals surface area contributed by atoms with Gasteiger partial charge >= 0.3 is 0 Å². The van der Waals surface area contributed by atoms with Crippen molar-refractivity contribution in [1.29, 1.82) is 0 Å². The van der Waals surface area contributed by atoms with Crippen molar-refractivity contribution in [3.63, 3.8) is 0 Å². The second-order valence-electron chi connectivity index (χ2n) is 3.10. The Labute approximate surface area is 106 Å². The first-order chi connectivity index (χ1) is 7.75. The smallest absolute Gasteiger partial charge is 0.270 e. The molecule has 3 nitrogen and oxygen atoms in total. The molecule has 0 atom stereocenters. The molecule has 0 aliphatic carbocycles. The van der Waals surface area contributed by atoms with E-state index < -0.39 is 0 Å². The van der Waals surface area contributed by atoms with Crippen LogP contribution in [0.5, 0.6) is 0 Å². The van der Waals surface area contributed by atoms with E-state index in [1.165, 1.54) is 0 Å². The van der Waals surface area contributed by atoms with E-state index in [2.05, 4.69) is 26.2 Å². The van der Waals surface area contributed by atoms with E-state index in [1.807, 2.05) is 12.1 Å². The lowest BCUT2D eigenvalue weighted by Crippen LogP contribution is -2.23. The van der Waals surface area contributed by atoms with Gasteiger partial charge in [-0.25, -0.2) is 0 Å². The van der Waals surface area contributed by atoms with Crippen molar-refractivity contribution >= 4 is 33.2 Å². The summed E-state index contributed by atoms with van der Waals surface area (Å²) in [6.45, 7) is 0.533. The van der Waals surface area contributed by atoms with Gasteiger partial charge in [-0.2, -0.15) is 0 Å². The first kappa shape index (κ1) is 11.3. The minimum atomic E-state index is -0.148. The van der Waals surface area contributed by atoms with E-state index in [-0.39, 0.29) is 5.91 Å². The number of hydrogen-bond donors (Lipinski definition) is 1. The fourth-order valence-corrected chi connectivity index (χ4v) is 2.62. The van der Waals surface area contributed by atoms with Crippen LogP contribution in [0.3, 0.4) is 0 Å². The SMILES string of the molecule is O=C(NCc1ccc(Br)s1)c1ccccn1.